The molecule has 0 bridgehead atoms. The molecule has 0 spiro atoms. The van der Waals surface area contributed by atoms with Crippen molar-refractivity contribution in [2.75, 3.05) is 17.9 Å². The van der Waals surface area contributed by atoms with E-state index in [1.54, 1.807) is 24.3 Å². The highest BCUT2D eigenvalue weighted by Crippen LogP contribution is 2.37. The molecule has 0 aliphatic rings. The van der Waals surface area contributed by atoms with E-state index in [9.17, 15) is 31.2 Å². The molecule has 0 aliphatic carbocycles. The van der Waals surface area contributed by atoms with Crippen molar-refractivity contribution < 1.29 is 31.2 Å². The standard InChI is InChI=1S/C27H27ClF3N3O4S/c1-18-9-7-8-10-20(18)16-33(19(2)26(36)32-3)25(35)17-34(39(37,38)22-11-5-4-6-12-22)24-15-21(27(29,30)31)13-14-23(24)28/h4-15,19H,16-17H2,1-3H3,(H,32,36)/t19-/m1/s1. The van der Waals surface area contributed by atoms with Gasteiger partial charge in [-0.15, -0.1) is 0 Å². The lowest BCUT2D eigenvalue weighted by Gasteiger charge is -2.32. The number of likely N-dealkylation sites (N-methyl/N-ethyl adjacent to an activating group) is 1. The van der Waals surface area contributed by atoms with E-state index in [2.05, 4.69) is 5.32 Å². The molecule has 0 heterocycles. The lowest BCUT2D eigenvalue weighted by atomic mass is 10.1. The molecule has 3 rings (SSSR count). The molecular formula is C27H27ClF3N3O4S. The number of nitrogens with one attached hydrogen (secondary N) is 1. The van der Waals surface area contributed by atoms with Crippen molar-refractivity contribution in [3.63, 3.8) is 0 Å². The van der Waals surface area contributed by atoms with Crippen molar-refractivity contribution in [2.24, 2.45) is 0 Å². The van der Waals surface area contributed by atoms with Crippen LogP contribution in [0.15, 0.2) is 77.7 Å². The molecule has 0 aliphatic heterocycles. The van der Waals surface area contributed by atoms with E-state index in [0.29, 0.717) is 15.9 Å². The van der Waals surface area contributed by atoms with Crippen LogP contribution >= 0.6 is 11.6 Å². The molecule has 0 saturated carbocycles. The Labute approximate surface area is 230 Å². The first-order chi connectivity index (χ1) is 18.3. The van der Waals surface area contributed by atoms with E-state index in [1.807, 2.05) is 13.0 Å². The number of carbonyl (C=O) groups excluding carboxylic acids is 2. The fourth-order valence-electron chi connectivity index (χ4n) is 3.88. The van der Waals surface area contributed by atoms with Gasteiger partial charge in [-0.05, 0) is 55.3 Å². The summed E-state index contributed by atoms with van der Waals surface area (Å²) in [5, 5.41) is 2.16. The average molecular weight is 582 g/mol. The van der Waals surface area contributed by atoms with Crippen LogP contribution in [0.25, 0.3) is 0 Å². The maximum absolute atomic E-state index is 13.8. The fourth-order valence-corrected chi connectivity index (χ4v) is 5.59. The van der Waals surface area contributed by atoms with Crippen molar-refractivity contribution in [1.82, 2.24) is 10.2 Å². The van der Waals surface area contributed by atoms with Gasteiger partial charge in [-0.1, -0.05) is 54.1 Å². The van der Waals surface area contributed by atoms with Crippen LogP contribution in [0, 0.1) is 6.92 Å². The largest absolute Gasteiger partial charge is 0.416 e. The third-order valence-electron chi connectivity index (χ3n) is 6.17. The monoisotopic (exact) mass is 581 g/mol. The summed E-state index contributed by atoms with van der Waals surface area (Å²) in [5.41, 5.74) is -0.129. The van der Waals surface area contributed by atoms with Gasteiger partial charge in [0.1, 0.15) is 12.6 Å². The summed E-state index contributed by atoms with van der Waals surface area (Å²) in [6, 6.07) is 15.3. The molecule has 7 nitrogen and oxygen atoms in total. The minimum atomic E-state index is -4.80. The number of sulfonamides is 1. The number of hydrogen-bond acceptors (Lipinski definition) is 4. The predicted molar refractivity (Wildman–Crippen MR) is 143 cm³/mol. The van der Waals surface area contributed by atoms with Crippen molar-refractivity contribution in [2.45, 2.75) is 37.5 Å². The van der Waals surface area contributed by atoms with E-state index in [0.717, 1.165) is 17.7 Å². The van der Waals surface area contributed by atoms with Gasteiger partial charge >= 0.3 is 6.18 Å². The maximum atomic E-state index is 13.8. The molecule has 12 heteroatoms. The smallest absolute Gasteiger partial charge is 0.357 e. The zero-order valence-electron chi connectivity index (χ0n) is 21.4. The van der Waals surface area contributed by atoms with Crippen LogP contribution < -0.4 is 9.62 Å². The number of aryl methyl sites for hydroxylation is 1. The predicted octanol–water partition coefficient (Wildman–Crippen LogP) is 5.03. The van der Waals surface area contributed by atoms with Gasteiger partial charge in [-0.3, -0.25) is 13.9 Å². The number of halogens is 4. The summed E-state index contributed by atoms with van der Waals surface area (Å²) in [7, 11) is -3.17. The normalized spacial score (nSPS) is 12.5. The van der Waals surface area contributed by atoms with Crippen molar-refractivity contribution in [1.29, 1.82) is 0 Å². The Morgan fingerprint density at radius 3 is 2.21 bits per heavy atom. The highest BCUT2D eigenvalue weighted by atomic mass is 35.5. The van der Waals surface area contributed by atoms with Gasteiger partial charge in [0.05, 0.1) is 21.2 Å². The summed E-state index contributed by atoms with van der Waals surface area (Å²) in [5.74, 6) is -1.33. The van der Waals surface area contributed by atoms with E-state index >= 15 is 0 Å². The van der Waals surface area contributed by atoms with E-state index < -0.39 is 51.9 Å². The Morgan fingerprint density at radius 2 is 1.62 bits per heavy atom. The SMILES string of the molecule is CNC(=O)[C@@H](C)N(Cc1ccccc1C)C(=O)CN(c1cc(C(F)(F)F)ccc1Cl)S(=O)(=O)c1ccccc1. The minimum Gasteiger partial charge on any atom is -0.357 e. The topological polar surface area (TPSA) is 86.8 Å². The van der Waals surface area contributed by atoms with Crippen LogP contribution in [0.5, 0.6) is 0 Å². The van der Waals surface area contributed by atoms with Crippen LogP contribution in [0.2, 0.25) is 5.02 Å². The molecule has 208 valence electrons. The van der Waals surface area contributed by atoms with Gasteiger partial charge in [-0.25, -0.2) is 8.42 Å². The highest BCUT2D eigenvalue weighted by Gasteiger charge is 2.36. The lowest BCUT2D eigenvalue weighted by Crippen LogP contribution is -2.50. The second-order valence-electron chi connectivity index (χ2n) is 8.73. The Morgan fingerprint density at radius 1 is 1.00 bits per heavy atom. The van der Waals surface area contributed by atoms with Crippen molar-refractivity contribution >= 4 is 39.1 Å². The quantitative estimate of drug-likeness (QED) is 0.384. The van der Waals surface area contributed by atoms with Crippen LogP contribution in [0.1, 0.15) is 23.6 Å². The summed E-state index contributed by atoms with van der Waals surface area (Å²) in [6.45, 7) is 2.33. The summed E-state index contributed by atoms with van der Waals surface area (Å²) in [6.07, 6.45) is -4.80. The summed E-state index contributed by atoms with van der Waals surface area (Å²) >= 11 is 6.22. The number of alkyl halides is 3. The number of hydrogen-bond donors (Lipinski definition) is 1. The number of benzene rings is 3. The zero-order valence-corrected chi connectivity index (χ0v) is 22.9. The van der Waals surface area contributed by atoms with E-state index in [1.165, 1.54) is 43.1 Å². The van der Waals surface area contributed by atoms with Gasteiger partial charge < -0.3 is 10.2 Å². The number of amides is 2. The van der Waals surface area contributed by atoms with E-state index in [4.69, 9.17) is 11.6 Å². The Bertz CT molecular complexity index is 1450. The maximum Gasteiger partial charge on any atom is 0.416 e. The molecule has 1 atom stereocenters. The molecule has 0 aromatic heterocycles. The first kappa shape index (κ1) is 30.0. The van der Waals surface area contributed by atoms with Crippen LogP contribution in [-0.4, -0.2) is 44.8 Å². The molecule has 3 aromatic rings. The first-order valence-electron chi connectivity index (χ1n) is 11.8. The van der Waals surface area contributed by atoms with Crippen molar-refractivity contribution in [3.05, 3.63) is 94.5 Å². The number of anilines is 1. The van der Waals surface area contributed by atoms with Gasteiger partial charge in [0.2, 0.25) is 11.8 Å². The van der Waals surface area contributed by atoms with Gasteiger partial charge in [0.15, 0.2) is 0 Å². The van der Waals surface area contributed by atoms with E-state index in [-0.39, 0.29) is 16.5 Å². The molecule has 0 radical (unpaired) electrons. The Hall–Kier alpha value is -3.57. The molecule has 3 aromatic carbocycles. The molecule has 2 amide bonds. The Kier molecular flexibility index (Phi) is 9.29. The summed E-state index contributed by atoms with van der Waals surface area (Å²) in [4.78, 5) is 27.2. The number of carbonyl (C=O) groups is 2. The van der Waals surface area contributed by atoms with Crippen molar-refractivity contribution in [3.8, 4) is 0 Å². The second kappa shape index (κ2) is 12.1. The third kappa shape index (κ3) is 6.90. The molecule has 1 N–H and O–H groups in total. The number of nitrogens with zero attached hydrogens (tertiary/aromatic N) is 2. The molecular weight excluding hydrogens is 555 g/mol. The highest BCUT2D eigenvalue weighted by molar-refractivity contribution is 7.92. The summed E-state index contributed by atoms with van der Waals surface area (Å²) < 4.78 is 68.6. The van der Waals surface area contributed by atoms with Crippen LogP contribution in [0.4, 0.5) is 18.9 Å². The van der Waals surface area contributed by atoms with Gasteiger partial charge in [0.25, 0.3) is 10.0 Å². The third-order valence-corrected chi connectivity index (χ3v) is 8.26. The fraction of sp³-hybridized carbons (Fsp3) is 0.259. The zero-order chi connectivity index (χ0) is 29.0. The molecule has 0 saturated heterocycles. The average Bonchev–Trinajstić information content (AvgIpc) is 2.90. The van der Waals surface area contributed by atoms with Crippen LogP contribution in [-0.2, 0) is 32.3 Å². The molecule has 0 unspecified atom stereocenters. The minimum absolute atomic E-state index is 0.0460. The molecule has 39 heavy (non-hydrogen) atoms. The lowest BCUT2D eigenvalue weighted by molar-refractivity contribution is -0.139. The number of rotatable bonds is 9. The second-order valence-corrected chi connectivity index (χ2v) is 11.0. The van der Waals surface area contributed by atoms with Crippen LogP contribution in [0.3, 0.4) is 0 Å². The molecule has 0 fully saturated rings. The van der Waals surface area contributed by atoms with Gasteiger partial charge in [-0.2, -0.15) is 13.2 Å². The Balaban J connectivity index is 2.14. The first-order valence-corrected chi connectivity index (χ1v) is 13.6. The van der Waals surface area contributed by atoms with Gasteiger partial charge in [0, 0.05) is 13.6 Å².